The number of carbonyl (C=O) groups is 1. The summed E-state index contributed by atoms with van der Waals surface area (Å²) in [5.41, 5.74) is 7.83. The highest BCUT2D eigenvalue weighted by Crippen LogP contribution is 2.30. The fourth-order valence-corrected chi connectivity index (χ4v) is 2.66. The molecule has 5 nitrogen and oxygen atoms in total. The van der Waals surface area contributed by atoms with E-state index in [1.165, 1.54) is 0 Å². The van der Waals surface area contributed by atoms with Crippen molar-refractivity contribution >= 4 is 33.7 Å². The summed E-state index contributed by atoms with van der Waals surface area (Å²) in [6.45, 7) is 2.89. The van der Waals surface area contributed by atoms with Crippen molar-refractivity contribution in [3.63, 3.8) is 0 Å². The summed E-state index contributed by atoms with van der Waals surface area (Å²) in [7, 11) is 1.74. The molecule has 2 aromatic heterocycles. The molecule has 0 aliphatic carbocycles. The minimum atomic E-state index is -0.475. The zero-order valence-electron chi connectivity index (χ0n) is 11.5. The van der Waals surface area contributed by atoms with Gasteiger partial charge in [-0.25, -0.2) is 4.98 Å². The number of amides is 1. The molecule has 3 N–H and O–H groups in total. The molecule has 0 saturated heterocycles. The molecule has 2 heterocycles. The standard InChI is InChI=1S/C15H16N4O/c1-3-19-12-7-5-4-6-9(12)10-8-11(13(16)20)14(17-2)18-15(10)19/h4-8H,3H2,1-2H3,(H2,16,20)(H,17,18). The first-order valence-electron chi connectivity index (χ1n) is 6.57. The number of para-hydroxylation sites is 1. The molecular formula is C15H16N4O. The fourth-order valence-electron chi connectivity index (χ4n) is 2.66. The molecule has 20 heavy (non-hydrogen) atoms. The van der Waals surface area contributed by atoms with Crippen LogP contribution >= 0.6 is 0 Å². The van der Waals surface area contributed by atoms with E-state index in [9.17, 15) is 4.79 Å². The van der Waals surface area contributed by atoms with E-state index >= 15 is 0 Å². The zero-order valence-corrected chi connectivity index (χ0v) is 11.5. The second-order valence-corrected chi connectivity index (χ2v) is 4.63. The average Bonchev–Trinajstić information content (AvgIpc) is 2.78. The van der Waals surface area contributed by atoms with Crippen molar-refractivity contribution in [1.82, 2.24) is 9.55 Å². The molecule has 0 aliphatic heterocycles. The number of nitrogens with zero attached hydrogens (tertiary/aromatic N) is 2. The molecule has 0 bridgehead atoms. The van der Waals surface area contributed by atoms with E-state index in [-0.39, 0.29) is 0 Å². The van der Waals surface area contributed by atoms with Crippen molar-refractivity contribution in [3.8, 4) is 0 Å². The van der Waals surface area contributed by atoms with Crippen LogP contribution in [-0.2, 0) is 6.54 Å². The van der Waals surface area contributed by atoms with Crippen molar-refractivity contribution in [2.45, 2.75) is 13.5 Å². The van der Waals surface area contributed by atoms with Crippen LogP contribution in [0.1, 0.15) is 17.3 Å². The number of anilines is 1. The minimum Gasteiger partial charge on any atom is -0.372 e. The van der Waals surface area contributed by atoms with E-state index in [2.05, 4.69) is 27.9 Å². The molecule has 1 aromatic carbocycles. The van der Waals surface area contributed by atoms with Gasteiger partial charge in [0.05, 0.1) is 11.1 Å². The third-order valence-corrected chi connectivity index (χ3v) is 3.56. The summed E-state index contributed by atoms with van der Waals surface area (Å²) in [6, 6.07) is 9.91. The first-order chi connectivity index (χ1) is 9.67. The van der Waals surface area contributed by atoms with E-state index in [1.54, 1.807) is 7.05 Å². The van der Waals surface area contributed by atoms with Gasteiger partial charge in [0.1, 0.15) is 11.5 Å². The molecule has 0 saturated carbocycles. The van der Waals surface area contributed by atoms with Crippen molar-refractivity contribution in [2.24, 2.45) is 5.73 Å². The summed E-state index contributed by atoms with van der Waals surface area (Å²) in [6.07, 6.45) is 0. The Morgan fingerprint density at radius 2 is 2.10 bits per heavy atom. The Hall–Kier alpha value is -2.56. The summed E-state index contributed by atoms with van der Waals surface area (Å²) < 4.78 is 2.14. The molecule has 1 amide bonds. The van der Waals surface area contributed by atoms with Crippen molar-refractivity contribution < 1.29 is 4.79 Å². The molecule has 0 unspecified atom stereocenters. The van der Waals surface area contributed by atoms with Gasteiger partial charge in [0.25, 0.3) is 5.91 Å². The average molecular weight is 268 g/mol. The van der Waals surface area contributed by atoms with Crippen LogP contribution in [-0.4, -0.2) is 22.5 Å². The fraction of sp³-hybridized carbons (Fsp3) is 0.200. The Balaban J connectivity index is 2.50. The lowest BCUT2D eigenvalue weighted by molar-refractivity contribution is 0.100. The summed E-state index contributed by atoms with van der Waals surface area (Å²) in [5, 5.41) is 4.98. The monoisotopic (exact) mass is 268 g/mol. The maximum atomic E-state index is 11.6. The van der Waals surface area contributed by atoms with Gasteiger partial charge in [-0.15, -0.1) is 0 Å². The SMILES string of the molecule is CCn1c2ccccc2c2cc(C(N)=O)c(NC)nc21. The number of carbonyl (C=O) groups excluding carboxylic acids is 1. The van der Waals surface area contributed by atoms with Crippen LogP contribution in [0.15, 0.2) is 30.3 Å². The summed E-state index contributed by atoms with van der Waals surface area (Å²) in [4.78, 5) is 16.1. The maximum Gasteiger partial charge on any atom is 0.252 e. The number of hydrogen-bond donors (Lipinski definition) is 2. The van der Waals surface area contributed by atoms with Crippen LogP contribution in [0.5, 0.6) is 0 Å². The number of primary amides is 1. The first-order valence-corrected chi connectivity index (χ1v) is 6.57. The van der Waals surface area contributed by atoms with Crippen LogP contribution < -0.4 is 11.1 Å². The lowest BCUT2D eigenvalue weighted by Crippen LogP contribution is -2.14. The highest BCUT2D eigenvalue weighted by molar-refractivity contribution is 6.10. The first kappa shape index (κ1) is 12.5. The number of rotatable bonds is 3. The molecule has 0 aliphatic rings. The van der Waals surface area contributed by atoms with Crippen molar-refractivity contribution in [2.75, 3.05) is 12.4 Å². The van der Waals surface area contributed by atoms with E-state index in [0.29, 0.717) is 11.4 Å². The van der Waals surface area contributed by atoms with Gasteiger partial charge in [-0.1, -0.05) is 18.2 Å². The predicted molar refractivity (Wildman–Crippen MR) is 81.0 cm³/mol. The number of aryl methyl sites for hydroxylation is 1. The van der Waals surface area contributed by atoms with Crippen LogP contribution in [0.4, 0.5) is 5.82 Å². The summed E-state index contributed by atoms with van der Waals surface area (Å²) >= 11 is 0. The molecule has 0 atom stereocenters. The van der Waals surface area contributed by atoms with E-state index in [1.807, 2.05) is 24.3 Å². The smallest absolute Gasteiger partial charge is 0.252 e. The lowest BCUT2D eigenvalue weighted by Gasteiger charge is -2.07. The number of nitrogens with one attached hydrogen (secondary N) is 1. The van der Waals surface area contributed by atoms with E-state index in [4.69, 9.17) is 5.73 Å². The van der Waals surface area contributed by atoms with Gasteiger partial charge in [-0.05, 0) is 19.1 Å². The third-order valence-electron chi connectivity index (χ3n) is 3.56. The number of hydrogen-bond acceptors (Lipinski definition) is 3. The number of nitrogens with two attached hydrogens (primary N) is 1. The molecule has 0 radical (unpaired) electrons. The Morgan fingerprint density at radius 1 is 1.35 bits per heavy atom. The topological polar surface area (TPSA) is 72.9 Å². The van der Waals surface area contributed by atoms with Crippen molar-refractivity contribution in [3.05, 3.63) is 35.9 Å². The normalized spacial score (nSPS) is 11.1. The number of fused-ring (bicyclic) bond motifs is 3. The highest BCUT2D eigenvalue weighted by Gasteiger charge is 2.16. The molecule has 3 rings (SSSR count). The Kier molecular flexibility index (Phi) is 2.82. The quantitative estimate of drug-likeness (QED) is 0.765. The highest BCUT2D eigenvalue weighted by atomic mass is 16.1. The van der Waals surface area contributed by atoms with Gasteiger partial charge >= 0.3 is 0 Å². The number of aromatic nitrogens is 2. The van der Waals surface area contributed by atoms with Gasteiger partial charge in [0.2, 0.25) is 0 Å². The van der Waals surface area contributed by atoms with E-state index in [0.717, 1.165) is 28.5 Å². The number of pyridine rings is 1. The van der Waals surface area contributed by atoms with Gasteiger partial charge in [0, 0.05) is 24.4 Å². The Bertz CT molecular complexity index is 819. The molecule has 0 fully saturated rings. The number of benzene rings is 1. The molecule has 0 spiro atoms. The van der Waals surface area contributed by atoms with Crippen LogP contribution in [0.25, 0.3) is 21.9 Å². The molecule has 3 aromatic rings. The zero-order chi connectivity index (χ0) is 14.3. The van der Waals surface area contributed by atoms with Crippen LogP contribution in [0, 0.1) is 0 Å². The molecule has 102 valence electrons. The van der Waals surface area contributed by atoms with Gasteiger partial charge in [-0.2, -0.15) is 0 Å². The van der Waals surface area contributed by atoms with Gasteiger partial charge < -0.3 is 15.6 Å². The minimum absolute atomic E-state index is 0.416. The third kappa shape index (κ3) is 1.63. The second kappa shape index (κ2) is 4.52. The van der Waals surface area contributed by atoms with Gasteiger partial charge in [-0.3, -0.25) is 4.79 Å². The van der Waals surface area contributed by atoms with Crippen LogP contribution in [0.3, 0.4) is 0 Å². The lowest BCUT2D eigenvalue weighted by atomic mass is 10.1. The van der Waals surface area contributed by atoms with Crippen LogP contribution in [0.2, 0.25) is 0 Å². The van der Waals surface area contributed by atoms with Crippen molar-refractivity contribution in [1.29, 1.82) is 0 Å². The Morgan fingerprint density at radius 3 is 2.75 bits per heavy atom. The predicted octanol–water partition coefficient (Wildman–Crippen LogP) is 2.35. The Labute approximate surface area is 116 Å². The largest absolute Gasteiger partial charge is 0.372 e. The maximum absolute atomic E-state index is 11.6. The van der Waals surface area contributed by atoms with E-state index < -0.39 is 5.91 Å². The second-order valence-electron chi connectivity index (χ2n) is 4.63. The van der Waals surface area contributed by atoms with Gasteiger partial charge in [0.15, 0.2) is 0 Å². The summed E-state index contributed by atoms with van der Waals surface area (Å²) in [5.74, 6) is 0.0413. The molecular weight excluding hydrogens is 252 g/mol. The molecule has 5 heteroatoms.